The number of amides is 1. The lowest BCUT2D eigenvalue weighted by Gasteiger charge is -2.37. The van der Waals surface area contributed by atoms with E-state index in [2.05, 4.69) is 22.8 Å². The number of likely N-dealkylation sites (tertiary alicyclic amines) is 2. The zero-order valence-corrected chi connectivity index (χ0v) is 15.4. The number of carbonyl (C=O) groups is 1. The molecule has 0 radical (unpaired) electrons. The van der Waals surface area contributed by atoms with E-state index >= 15 is 0 Å². The summed E-state index contributed by atoms with van der Waals surface area (Å²) in [6, 6.07) is 8.01. The Hall–Kier alpha value is -2.14. The highest BCUT2D eigenvalue weighted by atomic mass is 16.4. The van der Waals surface area contributed by atoms with Crippen LogP contribution in [0, 0.1) is 0 Å². The number of piperidine rings is 1. The summed E-state index contributed by atoms with van der Waals surface area (Å²) in [5.41, 5.74) is 2.64. The Morgan fingerprint density at radius 3 is 2.81 bits per heavy atom. The molecule has 1 atom stereocenters. The van der Waals surface area contributed by atoms with E-state index in [9.17, 15) is 9.59 Å². The maximum absolute atomic E-state index is 12.1. The fourth-order valence-electron chi connectivity index (χ4n) is 4.35. The summed E-state index contributed by atoms with van der Waals surface area (Å²) in [6.07, 6.45) is 4.81. The second kappa shape index (κ2) is 7.23. The van der Waals surface area contributed by atoms with Crippen molar-refractivity contribution < 1.29 is 9.21 Å². The first-order chi connectivity index (χ1) is 12.6. The van der Waals surface area contributed by atoms with E-state index < -0.39 is 0 Å². The summed E-state index contributed by atoms with van der Waals surface area (Å²) in [6.45, 7) is 5.65. The van der Waals surface area contributed by atoms with Crippen molar-refractivity contribution in [2.24, 2.45) is 0 Å². The SMILES string of the molecule is CCc1ccc2oc(=O)cc(CN3CCC[C@H](N4CCCC4=O)C3)c2c1. The Morgan fingerprint density at radius 1 is 1.15 bits per heavy atom. The zero-order chi connectivity index (χ0) is 18.1. The van der Waals surface area contributed by atoms with Crippen LogP contribution in [0.5, 0.6) is 0 Å². The highest BCUT2D eigenvalue weighted by Crippen LogP contribution is 2.25. The molecule has 0 N–H and O–H groups in total. The predicted octanol–water partition coefficient (Wildman–Crippen LogP) is 2.94. The van der Waals surface area contributed by atoms with Crippen molar-refractivity contribution in [3.8, 4) is 0 Å². The number of fused-ring (bicyclic) bond motifs is 1. The normalized spacial score (nSPS) is 21.7. The van der Waals surface area contributed by atoms with E-state index in [0.717, 1.165) is 62.8 Å². The number of hydrogen-bond donors (Lipinski definition) is 0. The lowest BCUT2D eigenvalue weighted by atomic mass is 10.0. The molecule has 5 heteroatoms. The maximum atomic E-state index is 12.1. The Morgan fingerprint density at radius 2 is 2.04 bits per heavy atom. The van der Waals surface area contributed by atoms with Crippen LogP contribution in [0.15, 0.2) is 33.5 Å². The molecule has 1 aromatic heterocycles. The molecule has 1 aromatic carbocycles. The summed E-state index contributed by atoms with van der Waals surface area (Å²) in [5, 5.41) is 1.03. The molecule has 0 saturated carbocycles. The number of nitrogens with zero attached hydrogens (tertiary/aromatic N) is 2. The summed E-state index contributed by atoms with van der Waals surface area (Å²) in [5.74, 6) is 0.301. The Balaban J connectivity index is 1.58. The second-order valence-electron chi connectivity index (χ2n) is 7.50. The van der Waals surface area contributed by atoms with E-state index in [-0.39, 0.29) is 5.63 Å². The van der Waals surface area contributed by atoms with Crippen molar-refractivity contribution in [3.63, 3.8) is 0 Å². The predicted molar refractivity (Wildman–Crippen MR) is 101 cm³/mol. The monoisotopic (exact) mass is 354 g/mol. The highest BCUT2D eigenvalue weighted by molar-refractivity contribution is 5.81. The van der Waals surface area contributed by atoms with Crippen molar-refractivity contribution in [2.45, 2.75) is 51.6 Å². The van der Waals surface area contributed by atoms with Gasteiger partial charge in [-0.25, -0.2) is 4.79 Å². The number of hydrogen-bond acceptors (Lipinski definition) is 4. The maximum Gasteiger partial charge on any atom is 0.336 e. The van der Waals surface area contributed by atoms with Gasteiger partial charge in [0.25, 0.3) is 0 Å². The molecule has 138 valence electrons. The van der Waals surface area contributed by atoms with Crippen LogP contribution in [0.3, 0.4) is 0 Å². The van der Waals surface area contributed by atoms with E-state index in [1.54, 1.807) is 6.07 Å². The van der Waals surface area contributed by atoms with Gasteiger partial charge in [-0.3, -0.25) is 9.69 Å². The lowest BCUT2D eigenvalue weighted by Crippen LogP contribution is -2.48. The molecule has 5 nitrogen and oxygen atoms in total. The minimum atomic E-state index is -0.292. The standard InChI is InChI=1S/C21H26N2O3/c1-2-15-7-8-19-18(11-15)16(12-21(25)26-19)13-22-9-3-5-17(14-22)23-10-4-6-20(23)24/h7-8,11-12,17H,2-6,9-10,13-14H2,1H3/t17-/m0/s1. The van der Waals surface area contributed by atoms with Crippen molar-refractivity contribution in [1.29, 1.82) is 0 Å². The van der Waals surface area contributed by atoms with Crippen LogP contribution in [0.2, 0.25) is 0 Å². The van der Waals surface area contributed by atoms with Crippen molar-refractivity contribution in [3.05, 3.63) is 45.8 Å². The third kappa shape index (κ3) is 3.40. The Kier molecular flexibility index (Phi) is 4.81. The molecule has 2 aliphatic rings. The van der Waals surface area contributed by atoms with Gasteiger partial charge in [0.1, 0.15) is 5.58 Å². The number of rotatable bonds is 4. The molecular weight excluding hydrogens is 328 g/mol. The quantitative estimate of drug-likeness (QED) is 0.792. The molecule has 0 spiro atoms. The molecular formula is C21H26N2O3. The third-order valence-electron chi connectivity index (χ3n) is 5.73. The van der Waals surface area contributed by atoms with Crippen LogP contribution in [-0.4, -0.2) is 41.4 Å². The number of carbonyl (C=O) groups excluding carboxylic acids is 1. The van der Waals surface area contributed by atoms with Gasteiger partial charge in [-0.1, -0.05) is 13.0 Å². The zero-order valence-electron chi connectivity index (χ0n) is 15.4. The molecule has 3 heterocycles. The molecule has 1 amide bonds. The molecule has 2 fully saturated rings. The molecule has 0 unspecified atom stereocenters. The Labute approximate surface area is 153 Å². The van der Waals surface area contributed by atoms with Gasteiger partial charge in [0.05, 0.1) is 0 Å². The van der Waals surface area contributed by atoms with Gasteiger partial charge in [-0.05, 0) is 55.5 Å². The number of aryl methyl sites for hydroxylation is 1. The van der Waals surface area contributed by atoms with Gasteiger partial charge in [0.15, 0.2) is 0 Å². The van der Waals surface area contributed by atoms with Crippen LogP contribution < -0.4 is 5.63 Å². The van der Waals surface area contributed by atoms with Gasteiger partial charge in [0.2, 0.25) is 5.91 Å². The minimum Gasteiger partial charge on any atom is -0.423 e. The average molecular weight is 354 g/mol. The van der Waals surface area contributed by atoms with E-state index in [4.69, 9.17) is 4.42 Å². The number of benzene rings is 1. The minimum absolute atomic E-state index is 0.292. The highest BCUT2D eigenvalue weighted by Gasteiger charge is 2.31. The summed E-state index contributed by atoms with van der Waals surface area (Å²) < 4.78 is 5.38. The first-order valence-corrected chi connectivity index (χ1v) is 9.71. The first kappa shape index (κ1) is 17.3. The average Bonchev–Trinajstić information content (AvgIpc) is 3.07. The summed E-state index contributed by atoms with van der Waals surface area (Å²) in [4.78, 5) is 28.5. The van der Waals surface area contributed by atoms with Crippen molar-refractivity contribution >= 4 is 16.9 Å². The topological polar surface area (TPSA) is 53.8 Å². The molecule has 2 aromatic rings. The van der Waals surface area contributed by atoms with E-state index in [0.29, 0.717) is 24.0 Å². The first-order valence-electron chi connectivity index (χ1n) is 9.71. The van der Waals surface area contributed by atoms with E-state index in [1.165, 1.54) is 5.56 Å². The van der Waals surface area contributed by atoms with Crippen LogP contribution in [0.1, 0.15) is 43.7 Å². The summed E-state index contributed by atoms with van der Waals surface area (Å²) in [7, 11) is 0. The van der Waals surface area contributed by atoms with Gasteiger partial charge in [0, 0.05) is 43.5 Å². The van der Waals surface area contributed by atoms with Crippen molar-refractivity contribution in [2.75, 3.05) is 19.6 Å². The van der Waals surface area contributed by atoms with Gasteiger partial charge in [-0.2, -0.15) is 0 Å². The molecule has 26 heavy (non-hydrogen) atoms. The van der Waals surface area contributed by atoms with Crippen molar-refractivity contribution in [1.82, 2.24) is 9.80 Å². The second-order valence-corrected chi connectivity index (χ2v) is 7.50. The fourth-order valence-corrected chi connectivity index (χ4v) is 4.35. The molecule has 0 aliphatic carbocycles. The smallest absolute Gasteiger partial charge is 0.336 e. The van der Waals surface area contributed by atoms with Gasteiger partial charge in [-0.15, -0.1) is 0 Å². The van der Waals surface area contributed by atoms with Crippen LogP contribution in [0.25, 0.3) is 11.0 Å². The molecule has 2 saturated heterocycles. The van der Waals surface area contributed by atoms with E-state index in [1.807, 2.05) is 12.1 Å². The lowest BCUT2D eigenvalue weighted by molar-refractivity contribution is -0.130. The Bertz CT molecular complexity index is 873. The molecule has 4 rings (SSSR count). The van der Waals surface area contributed by atoms with Crippen LogP contribution in [-0.2, 0) is 17.8 Å². The molecule has 2 aliphatic heterocycles. The summed E-state index contributed by atoms with van der Waals surface area (Å²) >= 11 is 0. The third-order valence-corrected chi connectivity index (χ3v) is 5.73. The van der Waals surface area contributed by atoms with Gasteiger partial charge < -0.3 is 9.32 Å². The molecule has 0 bridgehead atoms. The van der Waals surface area contributed by atoms with Gasteiger partial charge >= 0.3 is 5.63 Å². The van der Waals surface area contributed by atoms with Crippen LogP contribution in [0.4, 0.5) is 0 Å². The van der Waals surface area contributed by atoms with Crippen LogP contribution >= 0.6 is 0 Å². The fraction of sp³-hybridized carbons (Fsp3) is 0.524. The largest absolute Gasteiger partial charge is 0.423 e.